The fraction of sp³-hybridized carbons (Fsp3) is 0.423. The highest BCUT2D eigenvalue weighted by atomic mass is 16.3. The third-order valence-electron chi connectivity index (χ3n) is 7.97. The number of aliphatic hydroxyl groups excluding tert-OH is 2. The summed E-state index contributed by atoms with van der Waals surface area (Å²) in [5.74, 6) is -2.96. The predicted molar refractivity (Wildman–Crippen MR) is 134 cm³/mol. The number of carbonyl (C=O) groups is 2. The quantitative estimate of drug-likeness (QED) is 0.429. The second kappa shape index (κ2) is 8.21. The van der Waals surface area contributed by atoms with Crippen LogP contribution in [0, 0.1) is 11.8 Å². The second-order valence-corrected chi connectivity index (χ2v) is 10.4. The summed E-state index contributed by atoms with van der Waals surface area (Å²) in [6.07, 6.45) is 2.02. The van der Waals surface area contributed by atoms with Crippen LogP contribution in [0.15, 0.2) is 41.3 Å². The molecule has 0 spiro atoms. The summed E-state index contributed by atoms with van der Waals surface area (Å²) in [5, 5.41) is 41.3. The summed E-state index contributed by atoms with van der Waals surface area (Å²) in [6, 6.07) is 4.87. The Hall–Kier alpha value is -3.63. The van der Waals surface area contributed by atoms with Gasteiger partial charge in [-0.15, -0.1) is 0 Å². The van der Waals surface area contributed by atoms with Crippen LogP contribution >= 0.6 is 0 Å². The number of H-pyrrole nitrogens is 1. The van der Waals surface area contributed by atoms with Crippen molar-refractivity contribution in [2.45, 2.75) is 30.9 Å². The number of fused-ring (bicyclic) bond motifs is 3. The van der Waals surface area contributed by atoms with E-state index >= 15 is 0 Å². The van der Waals surface area contributed by atoms with Gasteiger partial charge in [0.15, 0.2) is 5.78 Å². The molecule has 10 nitrogen and oxygen atoms in total. The van der Waals surface area contributed by atoms with Crippen LogP contribution < -0.4 is 10.6 Å². The van der Waals surface area contributed by atoms with Gasteiger partial charge in [0.2, 0.25) is 5.91 Å². The van der Waals surface area contributed by atoms with Crippen LogP contribution in [0.5, 0.6) is 0 Å². The minimum Gasteiger partial charge on any atom is -0.510 e. The first-order chi connectivity index (χ1) is 17.0. The first-order valence-electron chi connectivity index (χ1n) is 11.9. The number of nitrogens with zero attached hydrogens (tertiary/aromatic N) is 3. The number of primary amides is 1. The molecule has 1 amide bonds. The predicted octanol–water partition coefficient (Wildman–Crippen LogP) is 1.54. The van der Waals surface area contributed by atoms with Crippen LogP contribution in [0.4, 0.5) is 5.69 Å². The number of likely N-dealkylation sites (N-methyl/N-ethyl adjacent to an activating group) is 1. The summed E-state index contributed by atoms with van der Waals surface area (Å²) in [6.45, 7) is 0. The molecule has 36 heavy (non-hydrogen) atoms. The molecule has 190 valence electrons. The average molecular weight is 494 g/mol. The molecular weight excluding hydrogens is 462 g/mol. The van der Waals surface area contributed by atoms with Crippen molar-refractivity contribution in [3.63, 3.8) is 0 Å². The van der Waals surface area contributed by atoms with Crippen LogP contribution in [0.2, 0.25) is 0 Å². The highest BCUT2D eigenvalue weighted by molar-refractivity contribution is 6.11. The number of Topliss-reactive ketones (excluding diaryl/α,β-unsaturated/α-hetero) is 1. The molecule has 2 aromatic rings. The summed E-state index contributed by atoms with van der Waals surface area (Å²) < 4.78 is 0. The Morgan fingerprint density at radius 2 is 1.92 bits per heavy atom. The molecule has 1 heterocycles. The van der Waals surface area contributed by atoms with Crippen LogP contribution in [-0.2, 0) is 16.0 Å². The Kier molecular flexibility index (Phi) is 5.49. The van der Waals surface area contributed by atoms with E-state index in [0.717, 1.165) is 11.3 Å². The Morgan fingerprint density at radius 1 is 1.19 bits per heavy atom. The SMILES string of the molecule is CN(C)c1ccc(-c2ccn[nH]2)c2c1C[C@H]1C[C@H]3[C@H](N(C)C)C(O)=C(C(N)=O)C[C@@]3(O)C(=O)C1=C2O. The average Bonchev–Trinajstić information content (AvgIpc) is 3.34. The van der Waals surface area contributed by atoms with E-state index in [2.05, 4.69) is 10.2 Å². The van der Waals surface area contributed by atoms with E-state index in [1.807, 2.05) is 31.1 Å². The highest BCUT2D eigenvalue weighted by Gasteiger charge is 2.60. The topological polar surface area (TPSA) is 156 Å². The van der Waals surface area contributed by atoms with Gasteiger partial charge in [-0.05, 0) is 50.6 Å². The van der Waals surface area contributed by atoms with Crippen molar-refractivity contribution in [3.05, 3.63) is 52.4 Å². The van der Waals surface area contributed by atoms with Gasteiger partial charge in [-0.3, -0.25) is 19.6 Å². The van der Waals surface area contributed by atoms with E-state index in [0.29, 0.717) is 29.7 Å². The first kappa shape index (κ1) is 24.1. The van der Waals surface area contributed by atoms with Crippen molar-refractivity contribution in [2.24, 2.45) is 17.6 Å². The summed E-state index contributed by atoms with van der Waals surface area (Å²) in [7, 11) is 7.28. The molecule has 0 saturated heterocycles. The van der Waals surface area contributed by atoms with Crippen molar-refractivity contribution in [2.75, 3.05) is 33.1 Å². The molecule has 1 fully saturated rings. The number of aromatic amines is 1. The smallest absolute Gasteiger partial charge is 0.248 e. The van der Waals surface area contributed by atoms with Crippen LogP contribution in [0.25, 0.3) is 17.0 Å². The maximum absolute atomic E-state index is 14.0. The number of hydrogen-bond acceptors (Lipinski definition) is 8. The molecule has 4 atom stereocenters. The van der Waals surface area contributed by atoms with Gasteiger partial charge < -0.3 is 26.0 Å². The molecule has 1 aromatic heterocycles. The van der Waals surface area contributed by atoms with Crippen molar-refractivity contribution in [1.82, 2.24) is 15.1 Å². The van der Waals surface area contributed by atoms with Gasteiger partial charge in [-0.25, -0.2) is 0 Å². The summed E-state index contributed by atoms with van der Waals surface area (Å²) in [5.41, 5.74) is 7.24. The van der Waals surface area contributed by atoms with Gasteiger partial charge >= 0.3 is 0 Å². The molecular formula is C26H31N5O5. The van der Waals surface area contributed by atoms with E-state index in [-0.39, 0.29) is 28.6 Å². The van der Waals surface area contributed by atoms with E-state index in [1.54, 1.807) is 31.3 Å². The van der Waals surface area contributed by atoms with Crippen molar-refractivity contribution >= 4 is 23.1 Å². The lowest BCUT2D eigenvalue weighted by molar-refractivity contribution is -0.151. The second-order valence-electron chi connectivity index (χ2n) is 10.4. The maximum Gasteiger partial charge on any atom is 0.248 e. The number of rotatable bonds is 4. The van der Waals surface area contributed by atoms with Crippen LogP contribution in [0.3, 0.4) is 0 Å². The summed E-state index contributed by atoms with van der Waals surface area (Å²) in [4.78, 5) is 29.8. The van der Waals surface area contributed by atoms with Crippen molar-refractivity contribution in [3.8, 4) is 11.3 Å². The van der Waals surface area contributed by atoms with Crippen molar-refractivity contribution < 1.29 is 24.9 Å². The molecule has 10 heteroatoms. The van der Waals surface area contributed by atoms with Crippen molar-refractivity contribution in [1.29, 1.82) is 0 Å². The van der Waals surface area contributed by atoms with Crippen LogP contribution in [0.1, 0.15) is 24.0 Å². The fourth-order valence-corrected chi connectivity index (χ4v) is 6.39. The zero-order chi connectivity index (χ0) is 26.1. The molecule has 1 saturated carbocycles. The normalized spacial score (nSPS) is 27.6. The molecule has 3 aliphatic rings. The van der Waals surface area contributed by atoms with E-state index in [9.17, 15) is 24.9 Å². The molecule has 5 rings (SSSR count). The number of aliphatic hydroxyl groups is 3. The molecule has 1 aromatic carbocycles. The van der Waals surface area contributed by atoms with E-state index < -0.39 is 35.7 Å². The number of anilines is 1. The molecule has 3 aliphatic carbocycles. The van der Waals surface area contributed by atoms with E-state index in [1.165, 1.54) is 0 Å². The maximum atomic E-state index is 14.0. The van der Waals surface area contributed by atoms with Crippen LogP contribution in [-0.4, -0.2) is 81.9 Å². The molecule has 0 bridgehead atoms. The minimum atomic E-state index is -1.99. The van der Waals surface area contributed by atoms with E-state index in [4.69, 9.17) is 5.73 Å². The standard InChI is InChI=1S/C26H31N5O5/c1-30(2)18-6-5-13(17-7-8-28-29-17)20-14(18)9-12-10-16-21(31(3)4)22(32)15(25(27)35)11-26(16,36)24(34)19(12)23(20)33/h5-8,12,16,21,32-33,36H,9-11H2,1-4H3,(H2,27,35)(H,28,29)/t12-,16-,21-,26-/m0/s1. The van der Waals surface area contributed by atoms with Gasteiger partial charge in [0.05, 0.1) is 17.3 Å². The number of ketones is 1. The number of hydrogen-bond donors (Lipinski definition) is 5. The van der Waals surface area contributed by atoms with Gasteiger partial charge in [0, 0.05) is 55.0 Å². The Bertz CT molecular complexity index is 1330. The van der Waals surface area contributed by atoms with Gasteiger partial charge in [0.1, 0.15) is 17.1 Å². The third kappa shape index (κ3) is 3.28. The monoisotopic (exact) mass is 493 g/mol. The fourth-order valence-electron chi connectivity index (χ4n) is 6.39. The number of benzene rings is 1. The zero-order valence-electron chi connectivity index (χ0n) is 20.7. The van der Waals surface area contributed by atoms with Gasteiger partial charge in [-0.2, -0.15) is 5.10 Å². The number of nitrogens with one attached hydrogen (secondary N) is 1. The molecule has 6 N–H and O–H groups in total. The number of amides is 1. The highest BCUT2D eigenvalue weighted by Crippen LogP contribution is 2.53. The lowest BCUT2D eigenvalue weighted by Crippen LogP contribution is -2.62. The Labute approximate surface area is 208 Å². The Morgan fingerprint density at radius 3 is 2.50 bits per heavy atom. The lowest BCUT2D eigenvalue weighted by atomic mass is 9.57. The zero-order valence-corrected chi connectivity index (χ0v) is 20.7. The molecule has 0 unspecified atom stereocenters. The van der Waals surface area contributed by atoms with Gasteiger partial charge in [-0.1, -0.05) is 6.07 Å². The first-order valence-corrected chi connectivity index (χ1v) is 11.9. The summed E-state index contributed by atoms with van der Waals surface area (Å²) >= 11 is 0. The lowest BCUT2D eigenvalue weighted by Gasteiger charge is -2.51. The number of carbonyl (C=O) groups excluding carboxylic acids is 2. The number of nitrogens with two attached hydrogens (primary N) is 1. The molecule has 0 radical (unpaired) electrons. The number of aromatic nitrogens is 2. The minimum absolute atomic E-state index is 0.153. The van der Waals surface area contributed by atoms with Gasteiger partial charge in [0.25, 0.3) is 0 Å². The molecule has 0 aliphatic heterocycles. The third-order valence-corrected chi connectivity index (χ3v) is 7.97. The largest absolute Gasteiger partial charge is 0.510 e. The Balaban J connectivity index is 1.73.